The molecule has 0 aromatic heterocycles. The molecule has 1 aliphatic rings. The van der Waals surface area contributed by atoms with E-state index in [9.17, 15) is 41.9 Å². The summed E-state index contributed by atoms with van der Waals surface area (Å²) in [4.78, 5) is 76.7. The summed E-state index contributed by atoms with van der Waals surface area (Å²) in [7, 11) is 0. The van der Waals surface area contributed by atoms with Crippen LogP contribution in [0.3, 0.4) is 0 Å². The second kappa shape index (κ2) is 13.5. The zero-order valence-electron chi connectivity index (χ0n) is 24.7. The molecule has 1 aliphatic heterocycles. The molecular formula is C26H42F3N5O7. The number of hydrogen-bond donors (Lipinski definition) is 4. The Morgan fingerprint density at radius 1 is 0.976 bits per heavy atom. The highest BCUT2D eigenvalue weighted by molar-refractivity contribution is 6.37. The van der Waals surface area contributed by atoms with Gasteiger partial charge in [-0.2, -0.15) is 13.2 Å². The number of nitrogens with two attached hydrogens (primary N) is 1. The van der Waals surface area contributed by atoms with E-state index in [1.54, 1.807) is 27.7 Å². The molecule has 41 heavy (non-hydrogen) atoms. The maximum atomic E-state index is 13.6. The van der Waals surface area contributed by atoms with Gasteiger partial charge in [-0.1, -0.05) is 41.5 Å². The molecule has 0 aromatic carbocycles. The standard InChI is InChI=1S/C26H42F3N5O7/c1-9-14(17(35)19(30)36)31-20(37)15-11-10-12-34(15)21(38)18(24(4,5)6)33-23(40)32-16(13(2)3)22(39)41-25(7,8)26(27,28)29/h13-16,18H,9-12H2,1-8H3,(H2,30,36)(H,31,37)(H2,32,33,40)/t14?,15-,16?,18?/m0/s1. The van der Waals surface area contributed by atoms with Crippen molar-refractivity contribution < 1.29 is 46.7 Å². The van der Waals surface area contributed by atoms with E-state index in [4.69, 9.17) is 5.73 Å². The molecule has 4 atom stereocenters. The largest absolute Gasteiger partial charge is 0.448 e. The Bertz CT molecular complexity index is 1020. The third-order valence-corrected chi connectivity index (χ3v) is 6.76. The Morgan fingerprint density at radius 2 is 1.54 bits per heavy atom. The number of primary amides is 1. The van der Waals surface area contributed by atoms with Crippen molar-refractivity contribution in [2.75, 3.05) is 6.54 Å². The highest BCUT2D eigenvalue weighted by Gasteiger charge is 2.52. The number of ether oxygens (including phenoxy) is 1. The molecule has 1 fully saturated rings. The molecule has 5 amide bonds. The lowest BCUT2D eigenvalue weighted by Gasteiger charge is -2.36. The maximum absolute atomic E-state index is 13.6. The number of carbonyl (C=O) groups excluding carboxylic acids is 6. The number of nitrogens with zero attached hydrogens (tertiary/aromatic N) is 1. The van der Waals surface area contributed by atoms with Crippen molar-refractivity contribution in [3.63, 3.8) is 0 Å². The molecule has 0 aliphatic carbocycles. The summed E-state index contributed by atoms with van der Waals surface area (Å²) < 4.78 is 44.3. The van der Waals surface area contributed by atoms with Gasteiger partial charge in [0.05, 0.1) is 6.04 Å². The van der Waals surface area contributed by atoms with E-state index in [-0.39, 0.29) is 19.4 Å². The maximum Gasteiger partial charge on any atom is 0.427 e. The van der Waals surface area contributed by atoms with Crippen molar-refractivity contribution in [2.45, 2.75) is 111 Å². The Balaban J connectivity index is 3.11. The number of likely N-dealkylation sites (tertiary alicyclic amines) is 1. The number of rotatable bonds is 11. The molecule has 1 rings (SSSR count). The van der Waals surface area contributed by atoms with E-state index in [0.717, 1.165) is 0 Å². The number of hydrogen-bond acceptors (Lipinski definition) is 7. The molecule has 3 unspecified atom stereocenters. The predicted octanol–water partition coefficient (Wildman–Crippen LogP) is 1.55. The third kappa shape index (κ3) is 9.32. The van der Waals surface area contributed by atoms with Crippen LogP contribution < -0.4 is 21.7 Å². The fraction of sp³-hybridized carbons (Fsp3) is 0.769. The molecule has 234 valence electrons. The average Bonchev–Trinajstić information content (AvgIpc) is 3.31. The van der Waals surface area contributed by atoms with Gasteiger partial charge < -0.3 is 31.3 Å². The van der Waals surface area contributed by atoms with Gasteiger partial charge >= 0.3 is 18.2 Å². The van der Waals surface area contributed by atoms with E-state index < -0.39 is 82.8 Å². The monoisotopic (exact) mass is 593 g/mol. The summed E-state index contributed by atoms with van der Waals surface area (Å²) in [6.07, 6.45) is -4.04. The molecule has 0 saturated carbocycles. The summed E-state index contributed by atoms with van der Waals surface area (Å²) in [6, 6.07) is -5.84. The highest BCUT2D eigenvalue weighted by atomic mass is 19.4. The van der Waals surface area contributed by atoms with Gasteiger partial charge in [0.2, 0.25) is 23.2 Å². The highest BCUT2D eigenvalue weighted by Crippen LogP contribution is 2.33. The smallest absolute Gasteiger partial charge is 0.427 e. The second-order valence-corrected chi connectivity index (χ2v) is 12.0. The number of halogens is 3. The lowest BCUT2D eigenvalue weighted by atomic mass is 9.85. The minimum atomic E-state index is -4.85. The first kappa shape index (κ1) is 35.6. The summed E-state index contributed by atoms with van der Waals surface area (Å²) in [6.45, 7) is 11.1. The van der Waals surface area contributed by atoms with E-state index in [1.807, 2.05) is 0 Å². The number of carbonyl (C=O) groups is 6. The summed E-state index contributed by atoms with van der Waals surface area (Å²) in [5, 5.41) is 7.26. The number of nitrogens with one attached hydrogen (secondary N) is 3. The molecular weight excluding hydrogens is 551 g/mol. The van der Waals surface area contributed by atoms with Gasteiger partial charge in [0.25, 0.3) is 5.91 Å². The van der Waals surface area contributed by atoms with E-state index in [2.05, 4.69) is 20.7 Å². The van der Waals surface area contributed by atoms with Crippen LogP contribution in [0.5, 0.6) is 0 Å². The molecule has 0 radical (unpaired) electrons. The molecule has 0 aromatic rings. The zero-order valence-corrected chi connectivity index (χ0v) is 24.7. The predicted molar refractivity (Wildman–Crippen MR) is 141 cm³/mol. The quantitative estimate of drug-likeness (QED) is 0.207. The number of Topliss-reactive ketones (excluding diaryl/α,β-unsaturated/α-hetero) is 1. The van der Waals surface area contributed by atoms with Crippen molar-refractivity contribution in [1.82, 2.24) is 20.9 Å². The van der Waals surface area contributed by atoms with Crippen LogP contribution in [0.1, 0.15) is 74.7 Å². The minimum absolute atomic E-state index is 0.0973. The van der Waals surface area contributed by atoms with Gasteiger partial charge in [-0.25, -0.2) is 9.59 Å². The Kier molecular flexibility index (Phi) is 11.7. The summed E-state index contributed by atoms with van der Waals surface area (Å²) in [5.41, 5.74) is 1.34. The zero-order chi connectivity index (χ0) is 32.1. The summed E-state index contributed by atoms with van der Waals surface area (Å²) in [5.74, 6) is -5.43. The van der Waals surface area contributed by atoms with Crippen molar-refractivity contribution in [1.29, 1.82) is 0 Å². The van der Waals surface area contributed by atoms with Gasteiger partial charge in [-0.15, -0.1) is 0 Å². The van der Waals surface area contributed by atoms with Crippen LogP contribution in [0, 0.1) is 11.3 Å². The first-order valence-electron chi connectivity index (χ1n) is 13.4. The molecule has 12 nitrogen and oxygen atoms in total. The van der Waals surface area contributed by atoms with Crippen LogP contribution in [-0.4, -0.2) is 82.9 Å². The van der Waals surface area contributed by atoms with Crippen molar-refractivity contribution in [3.8, 4) is 0 Å². The number of urea groups is 1. The normalized spacial score (nSPS) is 18.2. The Morgan fingerprint density at radius 3 is 1.98 bits per heavy atom. The lowest BCUT2D eigenvalue weighted by Crippen LogP contribution is -2.61. The van der Waals surface area contributed by atoms with Crippen LogP contribution in [0.15, 0.2) is 0 Å². The van der Waals surface area contributed by atoms with Gasteiger partial charge in [0.15, 0.2) is 0 Å². The minimum Gasteiger partial charge on any atom is -0.448 e. The van der Waals surface area contributed by atoms with Crippen molar-refractivity contribution in [2.24, 2.45) is 17.1 Å². The SMILES string of the molecule is CCC(NC(=O)[C@@H]1CCCN1C(=O)C(NC(=O)NC(C(=O)OC(C)(C)C(F)(F)F)C(C)C)C(C)(C)C)C(=O)C(N)=O. The first-order valence-corrected chi connectivity index (χ1v) is 13.4. The van der Waals surface area contributed by atoms with Gasteiger partial charge in [-0.05, 0) is 44.4 Å². The number of amides is 5. The second-order valence-electron chi connectivity index (χ2n) is 12.0. The molecule has 1 saturated heterocycles. The van der Waals surface area contributed by atoms with Crippen LogP contribution in [0.25, 0.3) is 0 Å². The van der Waals surface area contributed by atoms with Crippen molar-refractivity contribution >= 4 is 35.5 Å². The van der Waals surface area contributed by atoms with Gasteiger partial charge in [0.1, 0.15) is 18.1 Å². The number of ketones is 1. The molecule has 0 spiro atoms. The topological polar surface area (TPSA) is 177 Å². The fourth-order valence-electron chi connectivity index (χ4n) is 4.09. The fourth-order valence-corrected chi connectivity index (χ4v) is 4.09. The average molecular weight is 594 g/mol. The van der Waals surface area contributed by atoms with Crippen molar-refractivity contribution in [3.05, 3.63) is 0 Å². The van der Waals surface area contributed by atoms with Gasteiger partial charge in [0, 0.05) is 6.54 Å². The number of alkyl halides is 3. The van der Waals surface area contributed by atoms with E-state index in [1.165, 1.54) is 18.7 Å². The van der Waals surface area contributed by atoms with Crippen LogP contribution in [0.2, 0.25) is 0 Å². The number of esters is 1. The molecule has 0 bridgehead atoms. The molecule has 5 N–H and O–H groups in total. The van der Waals surface area contributed by atoms with Crippen LogP contribution >= 0.6 is 0 Å². The molecule has 15 heteroatoms. The van der Waals surface area contributed by atoms with Crippen LogP contribution in [0.4, 0.5) is 18.0 Å². The Hall–Kier alpha value is -3.39. The van der Waals surface area contributed by atoms with Crippen LogP contribution in [-0.2, 0) is 28.7 Å². The van der Waals surface area contributed by atoms with E-state index >= 15 is 0 Å². The Labute approximate surface area is 237 Å². The first-order chi connectivity index (χ1) is 18.5. The molecule has 1 heterocycles. The van der Waals surface area contributed by atoms with E-state index in [0.29, 0.717) is 20.3 Å². The summed E-state index contributed by atoms with van der Waals surface area (Å²) >= 11 is 0. The lowest BCUT2D eigenvalue weighted by molar-refractivity contribution is -0.258. The van der Waals surface area contributed by atoms with Gasteiger partial charge in [-0.3, -0.25) is 19.2 Å². The third-order valence-electron chi connectivity index (χ3n) is 6.76.